The van der Waals surface area contributed by atoms with Crippen LogP contribution >= 0.6 is 0 Å². The van der Waals surface area contributed by atoms with Crippen LogP contribution in [0.25, 0.3) is 0 Å². The fourth-order valence-electron chi connectivity index (χ4n) is 2.21. The van der Waals surface area contributed by atoms with Crippen molar-refractivity contribution in [1.29, 1.82) is 0 Å². The second-order valence-corrected chi connectivity index (χ2v) is 4.33. The highest BCUT2D eigenvalue weighted by molar-refractivity contribution is 5.37. The Morgan fingerprint density at radius 1 is 0.857 bits per heavy atom. The molecule has 0 aliphatic rings. The van der Waals surface area contributed by atoms with Gasteiger partial charge in [0.25, 0.3) is 0 Å². The third-order valence-corrected chi connectivity index (χ3v) is 3.27. The van der Waals surface area contributed by atoms with Gasteiger partial charge in [0.1, 0.15) is 5.82 Å². The summed E-state index contributed by atoms with van der Waals surface area (Å²) >= 11 is 0. The van der Waals surface area contributed by atoms with Gasteiger partial charge in [0, 0.05) is 5.92 Å². The normalized spacial score (nSPS) is 10.6. The summed E-state index contributed by atoms with van der Waals surface area (Å²) in [5, 5.41) is 0. The van der Waals surface area contributed by atoms with E-state index in [-0.39, 0.29) is 5.82 Å². The summed E-state index contributed by atoms with van der Waals surface area (Å²) in [6, 6.07) is 15.2. The molecule has 0 aliphatic heterocycles. The Kier molecular flexibility index (Phi) is 10.2. The van der Waals surface area contributed by atoms with Gasteiger partial charge in [-0.05, 0) is 35.2 Å². The van der Waals surface area contributed by atoms with E-state index in [9.17, 15) is 4.39 Å². The Labute approximate surface area is 130 Å². The minimum atomic E-state index is -0.176. The molecule has 21 heavy (non-hydrogen) atoms. The monoisotopic (exact) mass is 288 g/mol. The van der Waals surface area contributed by atoms with Gasteiger partial charge in [-0.15, -0.1) is 0 Å². The molecule has 0 amide bonds. The molecule has 0 aliphatic carbocycles. The van der Waals surface area contributed by atoms with E-state index in [4.69, 9.17) is 0 Å². The Bertz CT molecular complexity index is 485. The Hall–Kier alpha value is -1.63. The van der Waals surface area contributed by atoms with E-state index in [1.165, 1.54) is 23.3 Å². The summed E-state index contributed by atoms with van der Waals surface area (Å²) in [4.78, 5) is 0. The van der Waals surface area contributed by atoms with Crippen molar-refractivity contribution < 1.29 is 4.39 Å². The third kappa shape index (κ3) is 5.71. The van der Waals surface area contributed by atoms with Crippen molar-refractivity contribution in [2.24, 2.45) is 0 Å². The van der Waals surface area contributed by atoms with Crippen molar-refractivity contribution in [2.75, 3.05) is 0 Å². The number of halogens is 1. The minimum Gasteiger partial charge on any atom is -0.207 e. The molecule has 1 atom stereocenters. The summed E-state index contributed by atoms with van der Waals surface area (Å²) in [6.07, 6.45) is 1.03. The first-order valence-corrected chi connectivity index (χ1v) is 8.05. The fourth-order valence-corrected chi connectivity index (χ4v) is 2.21. The fraction of sp³-hybridized carbons (Fsp3) is 0.400. The van der Waals surface area contributed by atoms with Gasteiger partial charge in [-0.1, -0.05) is 77.9 Å². The molecule has 1 heteroatoms. The highest BCUT2D eigenvalue weighted by Gasteiger charge is 2.11. The van der Waals surface area contributed by atoms with Crippen LogP contribution in [0.2, 0.25) is 0 Å². The van der Waals surface area contributed by atoms with Crippen LogP contribution in [0.3, 0.4) is 0 Å². The summed E-state index contributed by atoms with van der Waals surface area (Å²) < 4.78 is 12.9. The van der Waals surface area contributed by atoms with Crippen LogP contribution in [0.15, 0.2) is 48.5 Å². The first-order valence-electron chi connectivity index (χ1n) is 8.05. The SMILES string of the molecule is CC.CC.CCc1ccccc1C(C)c1ccc(F)cc1. The number of benzene rings is 2. The smallest absolute Gasteiger partial charge is 0.123 e. The number of hydrogen-bond donors (Lipinski definition) is 0. The molecule has 0 spiro atoms. The maximum Gasteiger partial charge on any atom is 0.123 e. The van der Waals surface area contributed by atoms with Gasteiger partial charge in [0.05, 0.1) is 0 Å². The first kappa shape index (κ1) is 19.4. The molecule has 1 unspecified atom stereocenters. The van der Waals surface area contributed by atoms with Crippen LogP contribution in [0.1, 0.15) is 64.2 Å². The lowest BCUT2D eigenvalue weighted by atomic mass is 9.89. The van der Waals surface area contributed by atoms with Gasteiger partial charge in [-0.2, -0.15) is 0 Å². The quantitative estimate of drug-likeness (QED) is 0.597. The Morgan fingerprint density at radius 3 is 1.90 bits per heavy atom. The van der Waals surface area contributed by atoms with Gasteiger partial charge in [0.2, 0.25) is 0 Å². The maximum atomic E-state index is 12.9. The second kappa shape index (κ2) is 11.1. The van der Waals surface area contributed by atoms with Crippen LogP contribution in [0.4, 0.5) is 4.39 Å². The van der Waals surface area contributed by atoms with Gasteiger partial charge in [-0.25, -0.2) is 4.39 Å². The lowest BCUT2D eigenvalue weighted by molar-refractivity contribution is 0.626. The van der Waals surface area contributed by atoms with Crippen LogP contribution in [-0.2, 0) is 6.42 Å². The average Bonchev–Trinajstić information content (AvgIpc) is 2.58. The zero-order valence-electron chi connectivity index (χ0n) is 14.3. The second-order valence-electron chi connectivity index (χ2n) is 4.33. The van der Waals surface area contributed by atoms with Crippen molar-refractivity contribution in [3.05, 3.63) is 71.0 Å². The predicted octanol–water partition coefficient (Wildman–Crippen LogP) is 6.59. The first-order chi connectivity index (χ1) is 10.2. The summed E-state index contributed by atoms with van der Waals surface area (Å²) in [6.45, 7) is 12.3. The number of hydrogen-bond acceptors (Lipinski definition) is 0. The van der Waals surface area contributed by atoms with E-state index >= 15 is 0 Å². The molecular formula is C20H29F. The highest BCUT2D eigenvalue weighted by Crippen LogP contribution is 2.27. The molecule has 0 bridgehead atoms. The van der Waals surface area contributed by atoms with E-state index in [0.29, 0.717) is 5.92 Å². The van der Waals surface area contributed by atoms with Crippen LogP contribution in [0, 0.1) is 5.82 Å². The van der Waals surface area contributed by atoms with E-state index in [1.807, 2.05) is 39.8 Å². The molecule has 0 saturated carbocycles. The van der Waals surface area contributed by atoms with Gasteiger partial charge in [-0.3, -0.25) is 0 Å². The summed E-state index contributed by atoms with van der Waals surface area (Å²) in [5.41, 5.74) is 3.86. The largest absolute Gasteiger partial charge is 0.207 e. The molecule has 0 N–H and O–H groups in total. The molecule has 0 radical (unpaired) electrons. The van der Waals surface area contributed by atoms with Crippen molar-refractivity contribution in [3.63, 3.8) is 0 Å². The molecule has 0 aromatic heterocycles. The van der Waals surface area contributed by atoms with E-state index in [0.717, 1.165) is 12.0 Å². The molecule has 116 valence electrons. The summed E-state index contributed by atoms with van der Waals surface area (Å²) in [5.74, 6) is 0.136. The third-order valence-electron chi connectivity index (χ3n) is 3.27. The van der Waals surface area contributed by atoms with Gasteiger partial charge >= 0.3 is 0 Å². The van der Waals surface area contributed by atoms with E-state index < -0.39 is 0 Å². The zero-order chi connectivity index (χ0) is 16.3. The summed E-state index contributed by atoms with van der Waals surface area (Å²) in [7, 11) is 0. The Morgan fingerprint density at radius 2 is 1.38 bits per heavy atom. The van der Waals surface area contributed by atoms with E-state index in [1.54, 1.807) is 0 Å². The standard InChI is InChI=1S/C16H17F.2C2H6/c1-3-13-6-4-5-7-16(13)12(2)14-8-10-15(17)11-9-14;2*1-2/h4-12H,3H2,1-2H3;2*1-2H3. The zero-order valence-corrected chi connectivity index (χ0v) is 14.3. The molecular weight excluding hydrogens is 259 g/mol. The van der Waals surface area contributed by atoms with Gasteiger partial charge in [0.15, 0.2) is 0 Å². The maximum absolute atomic E-state index is 12.9. The lowest BCUT2D eigenvalue weighted by Crippen LogP contribution is -2.00. The van der Waals surface area contributed by atoms with Crippen molar-refractivity contribution >= 4 is 0 Å². The molecule has 0 fully saturated rings. The van der Waals surface area contributed by atoms with Crippen molar-refractivity contribution in [3.8, 4) is 0 Å². The molecule has 0 saturated heterocycles. The average molecular weight is 288 g/mol. The predicted molar refractivity (Wildman–Crippen MR) is 92.4 cm³/mol. The van der Waals surface area contributed by atoms with Crippen LogP contribution in [-0.4, -0.2) is 0 Å². The lowest BCUT2D eigenvalue weighted by Gasteiger charge is -2.16. The minimum absolute atomic E-state index is 0.176. The molecule has 2 rings (SSSR count). The number of aryl methyl sites for hydroxylation is 1. The van der Waals surface area contributed by atoms with Crippen molar-refractivity contribution in [2.45, 2.75) is 53.9 Å². The molecule has 2 aromatic rings. The molecule has 0 nitrogen and oxygen atoms in total. The van der Waals surface area contributed by atoms with E-state index in [2.05, 4.69) is 38.1 Å². The molecule has 0 heterocycles. The molecule has 2 aromatic carbocycles. The van der Waals surface area contributed by atoms with Gasteiger partial charge < -0.3 is 0 Å². The van der Waals surface area contributed by atoms with Crippen molar-refractivity contribution in [1.82, 2.24) is 0 Å². The number of rotatable bonds is 3. The topological polar surface area (TPSA) is 0 Å². The highest BCUT2D eigenvalue weighted by atomic mass is 19.1. The van der Waals surface area contributed by atoms with Crippen LogP contribution in [0.5, 0.6) is 0 Å². The Balaban J connectivity index is 0.000000921. The van der Waals surface area contributed by atoms with Crippen LogP contribution < -0.4 is 0 Å².